The van der Waals surface area contributed by atoms with Crippen molar-refractivity contribution in [3.05, 3.63) is 68.5 Å². The molecule has 0 fully saturated rings. The minimum absolute atomic E-state index is 0.0594. The lowest BCUT2D eigenvalue weighted by atomic mass is 10.2. The van der Waals surface area contributed by atoms with Crippen LogP contribution >= 0.6 is 0 Å². The number of aromatic amines is 1. The molecule has 33 heavy (non-hydrogen) atoms. The van der Waals surface area contributed by atoms with Crippen LogP contribution in [0.5, 0.6) is 28.7 Å². The van der Waals surface area contributed by atoms with E-state index in [1.165, 1.54) is 33.5 Å². The summed E-state index contributed by atoms with van der Waals surface area (Å²) >= 11 is 0. The normalized spacial score (nSPS) is 11.7. The lowest BCUT2D eigenvalue weighted by Crippen LogP contribution is -2.39. The number of nitrogens with zero attached hydrogens (tertiary/aromatic N) is 1. The van der Waals surface area contributed by atoms with E-state index in [0.29, 0.717) is 40.0 Å². The Balaban J connectivity index is 1.63. The molecule has 1 aliphatic rings. The van der Waals surface area contributed by atoms with Gasteiger partial charge in [-0.1, -0.05) is 6.07 Å². The first-order chi connectivity index (χ1) is 15.9. The number of hydrogen-bond donors (Lipinski definition) is 2. The van der Waals surface area contributed by atoms with E-state index in [9.17, 15) is 14.4 Å². The van der Waals surface area contributed by atoms with Crippen LogP contribution in [0.2, 0.25) is 0 Å². The quantitative estimate of drug-likeness (QED) is 0.549. The molecule has 0 atom stereocenters. The average molecular weight is 455 g/mol. The maximum atomic E-state index is 13.0. The number of carbonyl (C=O) groups excluding carboxylic acids is 1. The van der Waals surface area contributed by atoms with Gasteiger partial charge in [0.1, 0.15) is 5.56 Å². The van der Waals surface area contributed by atoms with Gasteiger partial charge in [0.15, 0.2) is 23.0 Å². The predicted molar refractivity (Wildman–Crippen MR) is 117 cm³/mol. The average Bonchev–Trinajstić information content (AvgIpc) is 3.28. The van der Waals surface area contributed by atoms with E-state index in [4.69, 9.17) is 23.7 Å². The molecular weight excluding hydrogens is 434 g/mol. The molecule has 2 N–H and O–H groups in total. The van der Waals surface area contributed by atoms with E-state index in [0.717, 1.165) is 10.8 Å². The third-order valence-corrected chi connectivity index (χ3v) is 5.01. The van der Waals surface area contributed by atoms with Gasteiger partial charge in [-0.2, -0.15) is 0 Å². The van der Waals surface area contributed by atoms with E-state index in [2.05, 4.69) is 10.3 Å². The highest BCUT2D eigenvalue weighted by Gasteiger charge is 2.19. The van der Waals surface area contributed by atoms with Crippen molar-refractivity contribution in [3.8, 4) is 28.7 Å². The van der Waals surface area contributed by atoms with Gasteiger partial charge >= 0.3 is 5.69 Å². The molecule has 3 aromatic rings. The molecule has 2 heterocycles. The number of H-pyrrole nitrogens is 1. The first-order valence-electron chi connectivity index (χ1n) is 9.77. The number of carbonyl (C=O) groups is 1. The highest BCUT2D eigenvalue weighted by molar-refractivity contribution is 6.04. The smallest absolute Gasteiger partial charge is 0.328 e. The van der Waals surface area contributed by atoms with Crippen molar-refractivity contribution in [1.29, 1.82) is 0 Å². The van der Waals surface area contributed by atoms with Crippen LogP contribution in [0.4, 0.5) is 5.69 Å². The molecule has 0 spiro atoms. The second kappa shape index (κ2) is 8.99. The summed E-state index contributed by atoms with van der Waals surface area (Å²) in [4.78, 5) is 40.6. The molecule has 0 radical (unpaired) electrons. The Bertz CT molecular complexity index is 1300. The lowest BCUT2D eigenvalue weighted by molar-refractivity contribution is 0.102. The van der Waals surface area contributed by atoms with Crippen LogP contribution < -0.4 is 40.3 Å². The maximum Gasteiger partial charge on any atom is 0.328 e. The first kappa shape index (κ1) is 21.8. The van der Waals surface area contributed by atoms with Crippen molar-refractivity contribution in [2.75, 3.05) is 33.4 Å². The number of aromatic nitrogens is 2. The molecule has 0 saturated heterocycles. The largest absolute Gasteiger partial charge is 0.493 e. The Morgan fingerprint density at radius 2 is 1.73 bits per heavy atom. The minimum atomic E-state index is -0.749. The topological polar surface area (TPSA) is 130 Å². The number of nitrogens with one attached hydrogen (secondary N) is 2. The number of amides is 1. The summed E-state index contributed by atoms with van der Waals surface area (Å²) in [5.41, 5.74) is -0.705. The van der Waals surface area contributed by atoms with Gasteiger partial charge in [0.2, 0.25) is 12.5 Å². The number of rotatable bonds is 7. The predicted octanol–water partition coefficient (Wildman–Crippen LogP) is 1.59. The fourth-order valence-electron chi connectivity index (χ4n) is 3.39. The molecule has 4 rings (SSSR count). The zero-order valence-corrected chi connectivity index (χ0v) is 18.1. The van der Waals surface area contributed by atoms with Crippen LogP contribution in [0, 0.1) is 0 Å². The van der Waals surface area contributed by atoms with Gasteiger partial charge in [-0.15, -0.1) is 0 Å². The Morgan fingerprint density at radius 3 is 2.39 bits per heavy atom. The van der Waals surface area contributed by atoms with Gasteiger partial charge in [-0.3, -0.25) is 14.2 Å². The molecular formula is C22H21N3O8. The minimum Gasteiger partial charge on any atom is -0.493 e. The van der Waals surface area contributed by atoms with Crippen LogP contribution in [0.15, 0.2) is 46.1 Å². The number of fused-ring (bicyclic) bond motifs is 1. The van der Waals surface area contributed by atoms with Crippen LogP contribution in [0.3, 0.4) is 0 Å². The van der Waals surface area contributed by atoms with Crippen molar-refractivity contribution in [2.45, 2.75) is 6.54 Å². The summed E-state index contributed by atoms with van der Waals surface area (Å²) in [7, 11) is 4.35. The molecule has 1 aliphatic heterocycles. The molecule has 172 valence electrons. The van der Waals surface area contributed by atoms with Crippen molar-refractivity contribution in [1.82, 2.24) is 9.55 Å². The fourth-order valence-corrected chi connectivity index (χ4v) is 3.39. The molecule has 0 unspecified atom stereocenters. The zero-order chi connectivity index (χ0) is 23.5. The molecule has 1 aromatic heterocycles. The fraction of sp³-hybridized carbons (Fsp3) is 0.227. The molecule has 1 amide bonds. The highest BCUT2D eigenvalue weighted by Crippen LogP contribution is 2.40. The maximum absolute atomic E-state index is 13.0. The summed E-state index contributed by atoms with van der Waals surface area (Å²) in [6, 6.07) is 8.13. The summed E-state index contributed by atoms with van der Waals surface area (Å²) in [5, 5.41) is 2.62. The van der Waals surface area contributed by atoms with Crippen LogP contribution in [-0.2, 0) is 6.54 Å². The van der Waals surface area contributed by atoms with Gasteiger partial charge in [-0.25, -0.2) is 4.79 Å². The van der Waals surface area contributed by atoms with Crippen molar-refractivity contribution in [3.63, 3.8) is 0 Å². The summed E-state index contributed by atoms with van der Waals surface area (Å²) in [6.07, 6.45) is 1.08. The van der Waals surface area contributed by atoms with Crippen LogP contribution in [0.25, 0.3) is 0 Å². The van der Waals surface area contributed by atoms with E-state index >= 15 is 0 Å². The SMILES string of the molecule is COc1cc(NC(=O)c2c[nH]c(=O)n(Cc3ccc4c(c3)OCO4)c2=O)cc(OC)c1OC. The lowest BCUT2D eigenvalue weighted by Gasteiger charge is -2.14. The number of methoxy groups -OCH3 is 3. The number of anilines is 1. The Kier molecular flexibility index (Phi) is 5.94. The van der Waals surface area contributed by atoms with Gasteiger partial charge < -0.3 is 34.0 Å². The monoisotopic (exact) mass is 455 g/mol. The van der Waals surface area contributed by atoms with Crippen molar-refractivity contribution in [2.24, 2.45) is 0 Å². The second-order valence-corrected chi connectivity index (χ2v) is 6.95. The summed E-state index contributed by atoms with van der Waals surface area (Å²) in [5.74, 6) is 1.40. The van der Waals surface area contributed by atoms with E-state index in [1.807, 2.05) is 0 Å². The van der Waals surface area contributed by atoms with Crippen molar-refractivity contribution >= 4 is 11.6 Å². The second-order valence-electron chi connectivity index (χ2n) is 6.95. The Hall–Kier alpha value is -4.41. The Labute approximate surface area is 187 Å². The first-order valence-corrected chi connectivity index (χ1v) is 9.77. The zero-order valence-electron chi connectivity index (χ0n) is 18.1. The standard InChI is InChI=1S/C22H21N3O8/c1-29-17-7-13(8-18(30-2)19(17)31-3)24-20(26)14-9-23-22(28)25(21(14)27)10-12-4-5-15-16(6-12)33-11-32-15/h4-9H,10-11H2,1-3H3,(H,23,28)(H,24,26). The van der Waals surface area contributed by atoms with Gasteiger partial charge in [0, 0.05) is 24.0 Å². The van der Waals surface area contributed by atoms with Gasteiger partial charge in [0.25, 0.3) is 11.5 Å². The third kappa shape index (κ3) is 4.20. The van der Waals surface area contributed by atoms with Crippen LogP contribution in [0.1, 0.15) is 15.9 Å². The van der Waals surface area contributed by atoms with E-state index < -0.39 is 17.2 Å². The molecule has 2 aromatic carbocycles. The third-order valence-electron chi connectivity index (χ3n) is 5.01. The number of benzene rings is 2. The molecule has 11 heteroatoms. The number of ether oxygens (including phenoxy) is 5. The van der Waals surface area contributed by atoms with E-state index in [1.54, 1.807) is 18.2 Å². The van der Waals surface area contributed by atoms with Crippen molar-refractivity contribution < 1.29 is 28.5 Å². The molecule has 0 aliphatic carbocycles. The summed E-state index contributed by atoms with van der Waals surface area (Å²) in [6.45, 7) is 0.0476. The molecule has 0 bridgehead atoms. The highest BCUT2D eigenvalue weighted by atomic mass is 16.7. The molecule has 11 nitrogen and oxygen atoms in total. The van der Waals surface area contributed by atoms with Crippen LogP contribution in [-0.4, -0.2) is 43.6 Å². The Morgan fingerprint density at radius 1 is 1.03 bits per heavy atom. The van der Waals surface area contributed by atoms with E-state index in [-0.39, 0.29) is 18.9 Å². The van der Waals surface area contributed by atoms with Gasteiger partial charge in [0.05, 0.1) is 27.9 Å². The molecule has 0 saturated carbocycles. The summed E-state index contributed by atoms with van der Waals surface area (Å²) < 4.78 is 27.3. The van der Waals surface area contributed by atoms with Gasteiger partial charge in [-0.05, 0) is 17.7 Å². The number of hydrogen-bond acceptors (Lipinski definition) is 8.